The highest BCUT2D eigenvalue weighted by Crippen LogP contribution is 2.31. The predicted molar refractivity (Wildman–Crippen MR) is 57.1 cm³/mol. The zero-order valence-corrected chi connectivity index (χ0v) is 8.39. The minimum atomic E-state index is 0.721. The van der Waals surface area contributed by atoms with E-state index in [1.165, 1.54) is 5.56 Å². The first-order chi connectivity index (χ1) is 6.11. The highest BCUT2D eigenvalue weighted by atomic mass is 35.5. The number of halogens is 1. The van der Waals surface area contributed by atoms with Gasteiger partial charge in [0.15, 0.2) is 0 Å². The van der Waals surface area contributed by atoms with Crippen LogP contribution in [-0.4, -0.2) is 4.57 Å². The fourth-order valence-electron chi connectivity index (χ4n) is 1.74. The third kappa shape index (κ3) is 1.10. The molecule has 0 aliphatic rings. The number of benzene rings is 1. The smallest absolute Gasteiger partial charge is 0.0589 e. The summed E-state index contributed by atoms with van der Waals surface area (Å²) in [6, 6.07) is 3.89. The van der Waals surface area contributed by atoms with E-state index in [9.17, 15) is 0 Å². The number of aryl methyl sites for hydroxylation is 2. The first-order valence-corrected chi connectivity index (χ1v) is 4.48. The van der Waals surface area contributed by atoms with Crippen molar-refractivity contribution in [1.82, 2.24) is 4.57 Å². The molecular weight excluding hydrogens is 184 g/mol. The molecule has 0 aliphatic heterocycles. The van der Waals surface area contributed by atoms with Gasteiger partial charge in [0.1, 0.15) is 0 Å². The topological polar surface area (TPSA) is 30.9 Å². The van der Waals surface area contributed by atoms with Crippen LogP contribution in [0.4, 0.5) is 5.69 Å². The van der Waals surface area contributed by atoms with Crippen LogP contribution in [0.25, 0.3) is 10.9 Å². The summed E-state index contributed by atoms with van der Waals surface area (Å²) >= 11 is 6.05. The predicted octanol–water partition coefficient (Wildman–Crippen LogP) is 2.72. The maximum atomic E-state index is 6.05. The number of nitrogen functional groups attached to an aromatic ring is 1. The molecule has 3 heteroatoms. The van der Waals surface area contributed by atoms with E-state index in [-0.39, 0.29) is 0 Å². The summed E-state index contributed by atoms with van der Waals surface area (Å²) in [4.78, 5) is 0. The number of aromatic nitrogens is 1. The lowest BCUT2D eigenvalue weighted by atomic mass is 10.1. The van der Waals surface area contributed by atoms with Crippen molar-refractivity contribution >= 4 is 28.2 Å². The number of fused-ring (bicyclic) bond motifs is 1. The SMILES string of the molecule is Cc1ccc(Cl)c2c(N)cn(C)c12. The number of hydrogen-bond acceptors (Lipinski definition) is 1. The standard InChI is InChI=1S/C10H11ClN2/c1-6-3-4-7(11)9-8(12)5-13(2)10(6)9/h3-5H,12H2,1-2H3. The van der Waals surface area contributed by atoms with Crippen molar-refractivity contribution in [3.8, 4) is 0 Å². The van der Waals surface area contributed by atoms with Crippen LogP contribution in [0.15, 0.2) is 18.3 Å². The quantitative estimate of drug-likeness (QED) is 0.687. The molecule has 1 aromatic heterocycles. The molecule has 0 radical (unpaired) electrons. The van der Waals surface area contributed by atoms with Gasteiger partial charge in [0.25, 0.3) is 0 Å². The maximum absolute atomic E-state index is 6.05. The lowest BCUT2D eigenvalue weighted by molar-refractivity contribution is 0.965. The minimum Gasteiger partial charge on any atom is -0.397 e. The fraction of sp³-hybridized carbons (Fsp3) is 0.200. The van der Waals surface area contributed by atoms with Gasteiger partial charge in [-0.25, -0.2) is 0 Å². The van der Waals surface area contributed by atoms with Gasteiger partial charge in [-0.3, -0.25) is 0 Å². The van der Waals surface area contributed by atoms with E-state index in [0.29, 0.717) is 0 Å². The molecule has 2 rings (SSSR count). The Morgan fingerprint density at radius 2 is 2.08 bits per heavy atom. The Morgan fingerprint density at radius 1 is 1.38 bits per heavy atom. The second-order valence-electron chi connectivity index (χ2n) is 3.28. The van der Waals surface area contributed by atoms with Crippen molar-refractivity contribution in [3.05, 3.63) is 28.9 Å². The Bertz CT molecular complexity index is 429. The van der Waals surface area contributed by atoms with Crippen molar-refractivity contribution in [2.75, 3.05) is 5.73 Å². The van der Waals surface area contributed by atoms with Crippen molar-refractivity contribution in [2.45, 2.75) is 6.92 Å². The Kier molecular flexibility index (Phi) is 1.74. The van der Waals surface area contributed by atoms with Gasteiger partial charge in [-0.15, -0.1) is 0 Å². The van der Waals surface area contributed by atoms with Gasteiger partial charge in [0.05, 0.1) is 16.2 Å². The number of anilines is 1. The molecule has 0 spiro atoms. The Labute approximate surface area is 81.9 Å². The molecule has 0 aliphatic carbocycles. The molecule has 1 aromatic carbocycles. The summed E-state index contributed by atoms with van der Waals surface area (Å²) in [7, 11) is 1.97. The molecular formula is C10H11ClN2. The molecule has 0 bridgehead atoms. The van der Waals surface area contributed by atoms with Gasteiger partial charge in [-0.05, 0) is 18.6 Å². The van der Waals surface area contributed by atoms with Crippen molar-refractivity contribution in [1.29, 1.82) is 0 Å². The highest BCUT2D eigenvalue weighted by molar-refractivity contribution is 6.36. The van der Waals surface area contributed by atoms with Gasteiger partial charge in [0, 0.05) is 18.6 Å². The Morgan fingerprint density at radius 3 is 2.69 bits per heavy atom. The zero-order valence-electron chi connectivity index (χ0n) is 7.63. The number of nitrogens with zero attached hydrogens (tertiary/aromatic N) is 1. The summed E-state index contributed by atoms with van der Waals surface area (Å²) in [5.41, 5.74) is 8.89. The average molecular weight is 195 g/mol. The molecule has 2 aromatic rings. The number of rotatable bonds is 0. The third-order valence-electron chi connectivity index (χ3n) is 2.30. The normalized spacial score (nSPS) is 11.0. The molecule has 0 saturated heterocycles. The lowest BCUT2D eigenvalue weighted by Gasteiger charge is -2.01. The molecule has 0 saturated carbocycles. The van der Waals surface area contributed by atoms with Gasteiger partial charge in [-0.2, -0.15) is 0 Å². The molecule has 0 amide bonds. The van der Waals surface area contributed by atoms with Gasteiger partial charge >= 0.3 is 0 Å². The van der Waals surface area contributed by atoms with Crippen LogP contribution >= 0.6 is 11.6 Å². The largest absolute Gasteiger partial charge is 0.397 e. The molecule has 2 N–H and O–H groups in total. The minimum absolute atomic E-state index is 0.721. The third-order valence-corrected chi connectivity index (χ3v) is 2.62. The first-order valence-electron chi connectivity index (χ1n) is 4.11. The van der Waals surface area contributed by atoms with E-state index in [2.05, 4.69) is 6.92 Å². The molecule has 0 fully saturated rings. The van der Waals surface area contributed by atoms with E-state index in [1.807, 2.05) is 29.9 Å². The molecule has 68 valence electrons. The van der Waals surface area contributed by atoms with Crippen LogP contribution in [-0.2, 0) is 7.05 Å². The molecule has 2 nitrogen and oxygen atoms in total. The zero-order chi connectivity index (χ0) is 9.59. The monoisotopic (exact) mass is 194 g/mol. The average Bonchev–Trinajstić information content (AvgIpc) is 2.36. The maximum Gasteiger partial charge on any atom is 0.0589 e. The van der Waals surface area contributed by atoms with Crippen LogP contribution in [0.2, 0.25) is 5.02 Å². The van der Waals surface area contributed by atoms with E-state index >= 15 is 0 Å². The van der Waals surface area contributed by atoms with E-state index < -0.39 is 0 Å². The van der Waals surface area contributed by atoms with Gasteiger partial charge in [0.2, 0.25) is 0 Å². The highest BCUT2D eigenvalue weighted by Gasteiger charge is 2.09. The van der Waals surface area contributed by atoms with Crippen molar-refractivity contribution < 1.29 is 0 Å². The number of hydrogen-bond donors (Lipinski definition) is 1. The Hall–Kier alpha value is -1.15. The first kappa shape index (κ1) is 8.45. The molecule has 0 atom stereocenters. The van der Waals surface area contributed by atoms with Crippen molar-refractivity contribution in [2.24, 2.45) is 7.05 Å². The lowest BCUT2D eigenvalue weighted by Crippen LogP contribution is -1.86. The summed E-state index contributed by atoms with van der Waals surface area (Å²) in [6.07, 6.45) is 1.89. The van der Waals surface area contributed by atoms with Crippen molar-refractivity contribution in [3.63, 3.8) is 0 Å². The fourth-order valence-corrected chi connectivity index (χ4v) is 2.00. The number of nitrogens with two attached hydrogens (primary N) is 1. The van der Waals surface area contributed by atoms with Crippen LogP contribution in [0, 0.1) is 6.92 Å². The summed E-state index contributed by atoms with van der Waals surface area (Å²) in [5, 5.41) is 1.68. The summed E-state index contributed by atoms with van der Waals surface area (Å²) in [6.45, 7) is 2.05. The van der Waals surface area contributed by atoms with E-state index in [4.69, 9.17) is 17.3 Å². The van der Waals surface area contributed by atoms with Gasteiger partial charge < -0.3 is 10.3 Å². The van der Waals surface area contributed by atoms with Crippen LogP contribution < -0.4 is 5.73 Å². The van der Waals surface area contributed by atoms with Crippen LogP contribution in [0.5, 0.6) is 0 Å². The molecule has 0 unspecified atom stereocenters. The van der Waals surface area contributed by atoms with Crippen LogP contribution in [0.3, 0.4) is 0 Å². The summed E-state index contributed by atoms with van der Waals surface area (Å²) in [5.74, 6) is 0. The summed E-state index contributed by atoms with van der Waals surface area (Å²) < 4.78 is 2.01. The second kappa shape index (κ2) is 2.67. The Balaban J connectivity index is 3.03. The van der Waals surface area contributed by atoms with Crippen LogP contribution in [0.1, 0.15) is 5.56 Å². The van der Waals surface area contributed by atoms with Gasteiger partial charge in [-0.1, -0.05) is 17.7 Å². The molecule has 1 heterocycles. The second-order valence-corrected chi connectivity index (χ2v) is 3.69. The van der Waals surface area contributed by atoms with E-state index in [1.54, 1.807) is 0 Å². The van der Waals surface area contributed by atoms with E-state index in [0.717, 1.165) is 21.6 Å². The molecule has 13 heavy (non-hydrogen) atoms.